The highest BCUT2D eigenvalue weighted by Gasteiger charge is 2.25. The number of aromatic amines is 1. The Kier molecular flexibility index (Phi) is 4.71. The van der Waals surface area contributed by atoms with E-state index in [1.54, 1.807) is 0 Å². The number of likely N-dealkylation sites (tertiary alicyclic amines) is 1. The van der Waals surface area contributed by atoms with Crippen LogP contribution in [0.5, 0.6) is 0 Å². The van der Waals surface area contributed by atoms with E-state index >= 15 is 0 Å². The molecule has 1 fully saturated rings. The van der Waals surface area contributed by atoms with E-state index in [1.807, 2.05) is 46.2 Å². The van der Waals surface area contributed by atoms with Crippen LogP contribution in [-0.2, 0) is 13.0 Å². The molecule has 7 nitrogen and oxygen atoms in total. The van der Waals surface area contributed by atoms with Crippen LogP contribution in [0.15, 0.2) is 36.7 Å². The summed E-state index contributed by atoms with van der Waals surface area (Å²) in [5, 5.41) is 18.2. The Morgan fingerprint density at radius 2 is 2.27 bits per heavy atom. The number of nitrogens with zero attached hydrogens (tertiary/aromatic N) is 4. The fourth-order valence-electron chi connectivity index (χ4n) is 3.69. The van der Waals surface area contributed by atoms with Crippen LogP contribution in [0.25, 0.3) is 10.9 Å². The van der Waals surface area contributed by atoms with Gasteiger partial charge in [0.15, 0.2) is 0 Å². The van der Waals surface area contributed by atoms with Crippen molar-refractivity contribution < 1.29 is 9.90 Å². The van der Waals surface area contributed by atoms with Crippen LogP contribution in [0.4, 0.5) is 0 Å². The Labute approximate surface area is 151 Å². The molecule has 26 heavy (non-hydrogen) atoms. The molecule has 1 aliphatic heterocycles. The lowest BCUT2D eigenvalue weighted by molar-refractivity contribution is 0.0659. The van der Waals surface area contributed by atoms with Gasteiger partial charge in [0, 0.05) is 61.5 Å². The summed E-state index contributed by atoms with van der Waals surface area (Å²) in [5.74, 6) is 0.463. The number of H-pyrrole nitrogens is 1. The van der Waals surface area contributed by atoms with Gasteiger partial charge in [0.05, 0.1) is 5.69 Å². The molecule has 0 aliphatic carbocycles. The van der Waals surface area contributed by atoms with Gasteiger partial charge in [-0.15, -0.1) is 5.10 Å². The lowest BCUT2D eigenvalue weighted by Gasteiger charge is -2.32. The van der Waals surface area contributed by atoms with Gasteiger partial charge in [-0.3, -0.25) is 9.48 Å². The Morgan fingerprint density at radius 3 is 3.15 bits per heavy atom. The Hall–Kier alpha value is -2.67. The number of nitrogens with one attached hydrogen (secondary N) is 1. The average Bonchev–Trinajstić information content (AvgIpc) is 3.30. The zero-order valence-corrected chi connectivity index (χ0v) is 14.6. The monoisotopic (exact) mass is 353 g/mol. The van der Waals surface area contributed by atoms with Crippen LogP contribution >= 0.6 is 0 Å². The number of fused-ring (bicyclic) bond motifs is 1. The summed E-state index contributed by atoms with van der Waals surface area (Å²) in [6.07, 6.45) is 6.38. The largest absolute Gasteiger partial charge is 0.396 e. The van der Waals surface area contributed by atoms with Gasteiger partial charge in [-0.25, -0.2) is 0 Å². The number of rotatable bonds is 5. The van der Waals surface area contributed by atoms with Crippen LogP contribution in [0.1, 0.15) is 28.9 Å². The zero-order valence-electron chi connectivity index (χ0n) is 14.6. The minimum Gasteiger partial charge on any atom is -0.396 e. The van der Waals surface area contributed by atoms with Crippen LogP contribution in [-0.4, -0.2) is 55.6 Å². The zero-order chi connectivity index (χ0) is 17.9. The highest BCUT2D eigenvalue weighted by Crippen LogP contribution is 2.22. The molecule has 0 unspecified atom stereocenters. The number of hydrogen-bond donors (Lipinski definition) is 2. The molecule has 3 heterocycles. The fourth-order valence-corrected chi connectivity index (χ4v) is 3.69. The third-order valence-electron chi connectivity index (χ3n) is 5.01. The summed E-state index contributed by atoms with van der Waals surface area (Å²) < 4.78 is 1.83. The molecule has 7 heteroatoms. The van der Waals surface area contributed by atoms with E-state index in [-0.39, 0.29) is 12.5 Å². The van der Waals surface area contributed by atoms with Crippen molar-refractivity contribution >= 4 is 16.8 Å². The van der Waals surface area contributed by atoms with E-state index in [2.05, 4.69) is 15.3 Å². The molecule has 2 N–H and O–H groups in total. The molecule has 1 amide bonds. The molecule has 0 saturated carbocycles. The van der Waals surface area contributed by atoms with Crippen molar-refractivity contribution in [3.05, 3.63) is 47.9 Å². The van der Waals surface area contributed by atoms with E-state index in [1.165, 1.54) is 0 Å². The van der Waals surface area contributed by atoms with Crippen molar-refractivity contribution in [2.45, 2.75) is 25.8 Å². The molecule has 1 atom stereocenters. The predicted octanol–water partition coefficient (Wildman–Crippen LogP) is 1.85. The van der Waals surface area contributed by atoms with Gasteiger partial charge in [-0.2, -0.15) is 0 Å². The van der Waals surface area contributed by atoms with Crippen molar-refractivity contribution in [1.82, 2.24) is 24.9 Å². The first kappa shape index (κ1) is 16.8. The maximum Gasteiger partial charge on any atom is 0.253 e. The number of piperidine rings is 1. The van der Waals surface area contributed by atoms with Crippen LogP contribution in [0.3, 0.4) is 0 Å². The van der Waals surface area contributed by atoms with E-state index in [9.17, 15) is 4.79 Å². The first-order valence-electron chi connectivity index (χ1n) is 9.09. The average molecular weight is 353 g/mol. The van der Waals surface area contributed by atoms with Crippen molar-refractivity contribution in [3.8, 4) is 0 Å². The van der Waals surface area contributed by atoms with E-state index in [0.29, 0.717) is 12.3 Å². The highest BCUT2D eigenvalue weighted by molar-refractivity contribution is 5.98. The van der Waals surface area contributed by atoms with Crippen molar-refractivity contribution in [1.29, 1.82) is 0 Å². The third kappa shape index (κ3) is 3.48. The maximum absolute atomic E-state index is 12.9. The topological polar surface area (TPSA) is 87.0 Å². The molecule has 0 bridgehead atoms. The van der Waals surface area contributed by atoms with Crippen LogP contribution in [0, 0.1) is 5.92 Å². The van der Waals surface area contributed by atoms with Gasteiger partial charge in [-0.05, 0) is 43.0 Å². The van der Waals surface area contributed by atoms with Gasteiger partial charge in [0.2, 0.25) is 0 Å². The summed E-state index contributed by atoms with van der Waals surface area (Å²) in [4.78, 5) is 18.0. The first-order chi connectivity index (χ1) is 12.7. The molecule has 2 aromatic heterocycles. The number of amides is 1. The van der Waals surface area contributed by atoms with Crippen molar-refractivity contribution in [3.63, 3.8) is 0 Å². The van der Waals surface area contributed by atoms with E-state index in [4.69, 9.17) is 5.11 Å². The normalized spacial score (nSPS) is 17.7. The Bertz CT molecular complexity index is 900. The highest BCUT2D eigenvalue weighted by atomic mass is 16.3. The second-order valence-corrected chi connectivity index (χ2v) is 6.94. The van der Waals surface area contributed by atoms with Gasteiger partial charge < -0.3 is 15.0 Å². The maximum atomic E-state index is 12.9. The second-order valence-electron chi connectivity index (χ2n) is 6.94. The van der Waals surface area contributed by atoms with Crippen molar-refractivity contribution in [2.24, 2.45) is 5.92 Å². The van der Waals surface area contributed by atoms with Crippen LogP contribution < -0.4 is 0 Å². The number of carbonyl (C=O) groups is 1. The summed E-state index contributed by atoms with van der Waals surface area (Å²) in [7, 11) is 0. The van der Waals surface area contributed by atoms with E-state index in [0.717, 1.165) is 54.6 Å². The smallest absolute Gasteiger partial charge is 0.253 e. The molecule has 3 aromatic rings. The molecule has 4 rings (SSSR count). The van der Waals surface area contributed by atoms with E-state index < -0.39 is 0 Å². The van der Waals surface area contributed by atoms with Gasteiger partial charge >= 0.3 is 0 Å². The number of hydrogen-bond acceptors (Lipinski definition) is 4. The van der Waals surface area contributed by atoms with Gasteiger partial charge in [0.1, 0.15) is 0 Å². The van der Waals surface area contributed by atoms with Crippen molar-refractivity contribution in [2.75, 3.05) is 19.7 Å². The van der Waals surface area contributed by atoms with Gasteiger partial charge in [-0.1, -0.05) is 5.21 Å². The molecule has 1 aliphatic rings. The minimum atomic E-state index is 0.0793. The molecular weight excluding hydrogens is 330 g/mol. The Balaban J connectivity index is 1.42. The minimum absolute atomic E-state index is 0.0793. The SMILES string of the molecule is O=C(c1ccc2[nH]ccc2c1)N1CCC[C@@H](Cn2cc(CCO)nn2)C1. The predicted molar refractivity (Wildman–Crippen MR) is 97.7 cm³/mol. The van der Waals surface area contributed by atoms with Gasteiger partial charge in [0.25, 0.3) is 5.91 Å². The number of aliphatic hydroxyl groups is 1. The molecule has 0 spiro atoms. The molecule has 1 aromatic carbocycles. The molecule has 0 radical (unpaired) electrons. The lowest BCUT2D eigenvalue weighted by atomic mass is 9.97. The summed E-state index contributed by atoms with van der Waals surface area (Å²) in [6.45, 7) is 2.36. The molecular formula is C19H23N5O2. The molecule has 1 saturated heterocycles. The summed E-state index contributed by atoms with van der Waals surface area (Å²) in [6, 6.07) is 7.79. The number of aromatic nitrogens is 4. The Morgan fingerprint density at radius 1 is 1.35 bits per heavy atom. The standard InChI is InChI=1S/C19H23N5O2/c25-9-6-17-13-24(22-21-17)12-14-2-1-8-23(11-14)19(26)16-3-4-18-15(10-16)5-7-20-18/h3-5,7,10,13-14,20,25H,1-2,6,8-9,11-12H2/t14-/m1/s1. The lowest BCUT2D eigenvalue weighted by Crippen LogP contribution is -2.41. The fraction of sp³-hybridized carbons (Fsp3) is 0.421. The number of carbonyl (C=O) groups excluding carboxylic acids is 1. The number of benzene rings is 1. The number of aliphatic hydroxyl groups excluding tert-OH is 1. The van der Waals surface area contributed by atoms with Crippen LogP contribution in [0.2, 0.25) is 0 Å². The quantitative estimate of drug-likeness (QED) is 0.733. The summed E-state index contributed by atoms with van der Waals surface area (Å²) in [5.41, 5.74) is 2.59. The third-order valence-corrected chi connectivity index (χ3v) is 5.01. The first-order valence-corrected chi connectivity index (χ1v) is 9.09. The second kappa shape index (κ2) is 7.29. The summed E-state index contributed by atoms with van der Waals surface area (Å²) >= 11 is 0. The molecule has 136 valence electrons.